The van der Waals surface area contributed by atoms with E-state index in [0.717, 1.165) is 27.0 Å². The fraction of sp³-hybridized carbons (Fsp3) is 0.0714. The fourth-order valence-electron chi connectivity index (χ4n) is 1.89. The third-order valence-corrected chi connectivity index (χ3v) is 4.92. The molecule has 0 aliphatic carbocycles. The van der Waals surface area contributed by atoms with Gasteiger partial charge in [0, 0.05) is 16.3 Å². The van der Waals surface area contributed by atoms with Gasteiger partial charge in [0.15, 0.2) is 0 Å². The Kier molecular flexibility index (Phi) is 3.68. The molecule has 0 amide bonds. The fourth-order valence-corrected chi connectivity index (χ4v) is 3.56. The number of hydrogen-bond acceptors (Lipinski definition) is 6. The van der Waals surface area contributed by atoms with Crippen LogP contribution in [-0.2, 0) is 11.3 Å². The van der Waals surface area contributed by atoms with Crippen molar-refractivity contribution in [3.05, 3.63) is 62.3 Å². The van der Waals surface area contributed by atoms with Gasteiger partial charge in [-0.15, -0.1) is 11.3 Å². The first-order valence-corrected chi connectivity index (χ1v) is 7.71. The van der Waals surface area contributed by atoms with E-state index in [1.807, 2.05) is 29.6 Å². The second-order valence-corrected chi connectivity index (χ2v) is 6.20. The summed E-state index contributed by atoms with van der Waals surface area (Å²) in [6.07, 6.45) is 0. The van der Waals surface area contributed by atoms with E-state index >= 15 is 0 Å². The molecular weight excluding hydrogens is 310 g/mol. The van der Waals surface area contributed by atoms with Gasteiger partial charge in [0.25, 0.3) is 0 Å². The average molecular weight is 319 g/mol. The molecule has 5 nitrogen and oxygen atoms in total. The van der Waals surface area contributed by atoms with Crippen molar-refractivity contribution in [2.75, 3.05) is 0 Å². The Hall–Kier alpha value is -2.25. The number of esters is 1. The molecule has 7 heteroatoms. The van der Waals surface area contributed by atoms with Crippen molar-refractivity contribution < 1.29 is 14.5 Å². The van der Waals surface area contributed by atoms with Crippen LogP contribution >= 0.6 is 22.7 Å². The number of benzene rings is 1. The molecule has 0 N–H and O–H groups in total. The van der Waals surface area contributed by atoms with E-state index < -0.39 is 10.9 Å². The standard InChI is InChI=1S/C14H9NO4S2/c16-14(12-5-6-13(21-12)15(17)18)19-7-9-8-20-11-4-2-1-3-10(9)11/h1-6,8H,7H2. The number of nitro groups is 1. The Morgan fingerprint density at radius 2 is 2.05 bits per heavy atom. The monoisotopic (exact) mass is 319 g/mol. The number of carbonyl (C=O) groups excluding carboxylic acids is 1. The summed E-state index contributed by atoms with van der Waals surface area (Å²) in [7, 11) is 0. The zero-order chi connectivity index (χ0) is 14.8. The van der Waals surface area contributed by atoms with Crippen molar-refractivity contribution in [1.29, 1.82) is 0 Å². The molecule has 2 heterocycles. The second kappa shape index (κ2) is 5.63. The first-order chi connectivity index (χ1) is 10.1. The van der Waals surface area contributed by atoms with Crippen LogP contribution in [0.1, 0.15) is 15.2 Å². The number of nitrogens with zero attached hydrogens (tertiary/aromatic N) is 1. The average Bonchev–Trinajstić information content (AvgIpc) is 3.12. The summed E-state index contributed by atoms with van der Waals surface area (Å²) in [5, 5.41) is 13.5. The normalized spacial score (nSPS) is 10.7. The number of ether oxygens (including phenoxy) is 1. The molecular formula is C14H9NO4S2. The Bertz CT molecular complexity index is 821. The van der Waals surface area contributed by atoms with E-state index in [1.54, 1.807) is 11.3 Å². The summed E-state index contributed by atoms with van der Waals surface area (Å²) >= 11 is 2.41. The van der Waals surface area contributed by atoms with Gasteiger partial charge in [-0.05, 0) is 22.9 Å². The summed E-state index contributed by atoms with van der Waals surface area (Å²) < 4.78 is 6.36. The van der Waals surface area contributed by atoms with E-state index in [1.165, 1.54) is 12.1 Å². The molecule has 0 unspecified atom stereocenters. The minimum Gasteiger partial charge on any atom is -0.457 e. The summed E-state index contributed by atoms with van der Waals surface area (Å²) in [5.74, 6) is -0.539. The van der Waals surface area contributed by atoms with Crippen molar-refractivity contribution in [1.82, 2.24) is 0 Å². The highest BCUT2D eigenvalue weighted by atomic mass is 32.1. The minimum atomic E-state index is -0.539. The van der Waals surface area contributed by atoms with Gasteiger partial charge in [0.1, 0.15) is 11.5 Å². The molecule has 1 aromatic carbocycles. The van der Waals surface area contributed by atoms with Gasteiger partial charge in [0.05, 0.1) is 4.92 Å². The van der Waals surface area contributed by atoms with E-state index in [-0.39, 0.29) is 16.5 Å². The molecule has 3 aromatic rings. The SMILES string of the molecule is O=C(OCc1csc2ccccc12)c1ccc([N+](=O)[O-])s1. The molecule has 0 fully saturated rings. The van der Waals surface area contributed by atoms with E-state index in [4.69, 9.17) is 4.74 Å². The highest BCUT2D eigenvalue weighted by molar-refractivity contribution is 7.17. The lowest BCUT2D eigenvalue weighted by Crippen LogP contribution is -2.02. The third kappa shape index (κ3) is 2.79. The van der Waals surface area contributed by atoms with E-state index in [0.29, 0.717) is 0 Å². The molecule has 0 atom stereocenters. The van der Waals surface area contributed by atoms with Gasteiger partial charge in [-0.3, -0.25) is 10.1 Å². The Balaban J connectivity index is 1.72. The first-order valence-electron chi connectivity index (χ1n) is 6.01. The van der Waals surface area contributed by atoms with Gasteiger partial charge in [0.2, 0.25) is 0 Å². The molecule has 0 radical (unpaired) electrons. The smallest absolute Gasteiger partial charge is 0.348 e. The van der Waals surface area contributed by atoms with Gasteiger partial charge in [-0.25, -0.2) is 4.79 Å². The molecule has 3 rings (SSSR count). The predicted octanol–water partition coefficient (Wildman–Crippen LogP) is 4.23. The highest BCUT2D eigenvalue weighted by Gasteiger charge is 2.16. The predicted molar refractivity (Wildman–Crippen MR) is 81.9 cm³/mol. The molecule has 21 heavy (non-hydrogen) atoms. The van der Waals surface area contributed by atoms with Crippen molar-refractivity contribution in [2.24, 2.45) is 0 Å². The Morgan fingerprint density at radius 1 is 1.24 bits per heavy atom. The van der Waals surface area contributed by atoms with Gasteiger partial charge in [-0.2, -0.15) is 0 Å². The minimum absolute atomic E-state index is 0.0667. The number of rotatable bonds is 4. The van der Waals surface area contributed by atoms with Crippen molar-refractivity contribution in [2.45, 2.75) is 6.61 Å². The maximum atomic E-state index is 11.9. The van der Waals surface area contributed by atoms with Crippen LogP contribution in [0.2, 0.25) is 0 Å². The third-order valence-electron chi connectivity index (χ3n) is 2.89. The van der Waals surface area contributed by atoms with Crippen LogP contribution in [0, 0.1) is 10.1 Å². The number of hydrogen-bond donors (Lipinski definition) is 0. The molecule has 0 aliphatic rings. The van der Waals surface area contributed by atoms with Crippen molar-refractivity contribution in [3.8, 4) is 0 Å². The Morgan fingerprint density at radius 3 is 2.81 bits per heavy atom. The van der Waals surface area contributed by atoms with Crippen molar-refractivity contribution in [3.63, 3.8) is 0 Å². The van der Waals surface area contributed by atoms with Crippen LogP contribution < -0.4 is 0 Å². The first kappa shape index (κ1) is 13.7. The Labute approximate surface area is 127 Å². The van der Waals surface area contributed by atoms with Crippen LogP contribution in [0.4, 0.5) is 5.00 Å². The molecule has 106 valence electrons. The van der Waals surface area contributed by atoms with E-state index in [9.17, 15) is 14.9 Å². The van der Waals surface area contributed by atoms with Crippen LogP contribution in [-0.4, -0.2) is 10.9 Å². The quantitative estimate of drug-likeness (QED) is 0.410. The van der Waals surface area contributed by atoms with Crippen LogP contribution in [0.15, 0.2) is 41.8 Å². The summed E-state index contributed by atoms with van der Waals surface area (Å²) in [6, 6.07) is 10.6. The maximum absolute atomic E-state index is 11.9. The number of fused-ring (bicyclic) bond motifs is 1. The molecule has 0 spiro atoms. The molecule has 0 bridgehead atoms. The lowest BCUT2D eigenvalue weighted by atomic mass is 10.2. The zero-order valence-electron chi connectivity index (χ0n) is 10.6. The largest absolute Gasteiger partial charge is 0.457 e. The summed E-state index contributed by atoms with van der Waals surface area (Å²) in [6.45, 7) is 0.161. The van der Waals surface area contributed by atoms with Crippen LogP contribution in [0.25, 0.3) is 10.1 Å². The van der Waals surface area contributed by atoms with Gasteiger partial charge >= 0.3 is 11.0 Å². The summed E-state index contributed by atoms with van der Waals surface area (Å²) in [4.78, 5) is 22.2. The number of carbonyl (C=O) groups is 1. The maximum Gasteiger partial charge on any atom is 0.348 e. The van der Waals surface area contributed by atoms with E-state index in [2.05, 4.69) is 0 Å². The zero-order valence-corrected chi connectivity index (χ0v) is 12.3. The summed E-state index contributed by atoms with van der Waals surface area (Å²) in [5.41, 5.74) is 0.940. The lowest BCUT2D eigenvalue weighted by Gasteiger charge is -2.02. The molecule has 2 aromatic heterocycles. The molecule has 0 saturated carbocycles. The molecule has 0 saturated heterocycles. The topological polar surface area (TPSA) is 69.4 Å². The van der Waals surface area contributed by atoms with Crippen molar-refractivity contribution >= 4 is 43.7 Å². The number of thiophene rings is 2. The van der Waals surface area contributed by atoms with Crippen LogP contribution in [0.5, 0.6) is 0 Å². The van der Waals surface area contributed by atoms with Gasteiger partial charge in [-0.1, -0.05) is 29.5 Å². The lowest BCUT2D eigenvalue weighted by molar-refractivity contribution is -0.380. The van der Waals surface area contributed by atoms with Crippen LogP contribution in [0.3, 0.4) is 0 Å². The van der Waals surface area contributed by atoms with Gasteiger partial charge < -0.3 is 4.74 Å². The highest BCUT2D eigenvalue weighted by Crippen LogP contribution is 2.28. The second-order valence-electron chi connectivity index (χ2n) is 4.23. The molecule has 0 aliphatic heterocycles.